The van der Waals surface area contributed by atoms with E-state index in [9.17, 15) is 0 Å². The smallest absolute Gasteiger partial charge is 0.0351 e. The van der Waals surface area contributed by atoms with Crippen LogP contribution in [-0.2, 0) is 0 Å². The first-order valence-electron chi connectivity index (χ1n) is 10.0. The lowest BCUT2D eigenvalue weighted by atomic mass is 9.68. The second-order valence-electron chi connectivity index (χ2n) is 8.00. The van der Waals surface area contributed by atoms with E-state index < -0.39 is 0 Å². The molecule has 0 aromatic rings. The highest BCUT2D eigenvalue weighted by atomic mass is 14.4. The molecule has 0 heteroatoms. The largest absolute Gasteiger partial charge is 0.103 e. The number of unbranched alkanes of at least 4 members (excludes halogenated alkanes) is 2. The van der Waals surface area contributed by atoms with Crippen molar-refractivity contribution in [3.05, 3.63) is 25.3 Å². The molecule has 0 aliphatic heterocycles. The van der Waals surface area contributed by atoms with Crippen molar-refractivity contribution in [1.82, 2.24) is 0 Å². The van der Waals surface area contributed by atoms with Crippen LogP contribution in [-0.4, -0.2) is 0 Å². The van der Waals surface area contributed by atoms with Gasteiger partial charge in [0.1, 0.15) is 0 Å². The van der Waals surface area contributed by atoms with Gasteiger partial charge in [-0.05, 0) is 75.0 Å². The standard InChI is InChI=1S/C22H38/c1-3-5-7-8-10-20-13-17-22(18-14-20)21-15-11-19(12-16-21)9-6-4-2/h3-4,19-22H,1-2,5-18H2. The van der Waals surface area contributed by atoms with Gasteiger partial charge in [-0.2, -0.15) is 0 Å². The predicted molar refractivity (Wildman–Crippen MR) is 99.0 cm³/mol. The van der Waals surface area contributed by atoms with E-state index >= 15 is 0 Å². The Morgan fingerprint density at radius 1 is 0.591 bits per heavy atom. The lowest BCUT2D eigenvalue weighted by molar-refractivity contribution is 0.140. The van der Waals surface area contributed by atoms with Gasteiger partial charge in [-0.25, -0.2) is 0 Å². The van der Waals surface area contributed by atoms with Crippen LogP contribution in [0.5, 0.6) is 0 Å². The second-order valence-corrected chi connectivity index (χ2v) is 8.00. The highest BCUT2D eigenvalue weighted by molar-refractivity contribution is 4.83. The lowest BCUT2D eigenvalue weighted by Crippen LogP contribution is -2.25. The molecule has 0 atom stereocenters. The van der Waals surface area contributed by atoms with Gasteiger partial charge >= 0.3 is 0 Å². The van der Waals surface area contributed by atoms with E-state index in [0.29, 0.717) is 0 Å². The summed E-state index contributed by atoms with van der Waals surface area (Å²) in [5.41, 5.74) is 0. The average molecular weight is 303 g/mol. The van der Waals surface area contributed by atoms with Gasteiger partial charge in [0.15, 0.2) is 0 Å². The summed E-state index contributed by atoms with van der Waals surface area (Å²) in [6.07, 6.45) is 24.4. The average Bonchev–Trinajstić information content (AvgIpc) is 2.58. The van der Waals surface area contributed by atoms with Crippen molar-refractivity contribution >= 4 is 0 Å². The Hall–Kier alpha value is -0.520. The van der Waals surface area contributed by atoms with Crippen molar-refractivity contribution in [3.8, 4) is 0 Å². The normalized spacial score (nSPS) is 32.5. The molecule has 0 spiro atoms. The monoisotopic (exact) mass is 302 g/mol. The minimum absolute atomic E-state index is 1.01. The first-order valence-corrected chi connectivity index (χ1v) is 10.0. The molecule has 0 N–H and O–H groups in total. The van der Waals surface area contributed by atoms with Crippen LogP contribution >= 0.6 is 0 Å². The molecule has 126 valence electrons. The first kappa shape index (κ1) is 17.8. The van der Waals surface area contributed by atoms with Crippen molar-refractivity contribution in [2.75, 3.05) is 0 Å². The minimum atomic E-state index is 1.01. The summed E-state index contributed by atoms with van der Waals surface area (Å²) in [6.45, 7) is 7.69. The number of rotatable bonds is 9. The van der Waals surface area contributed by atoms with Crippen LogP contribution in [0.15, 0.2) is 25.3 Å². The molecule has 2 saturated carbocycles. The number of allylic oxidation sites excluding steroid dienone is 2. The fourth-order valence-corrected chi connectivity index (χ4v) is 4.97. The molecule has 0 heterocycles. The van der Waals surface area contributed by atoms with Gasteiger partial charge < -0.3 is 0 Å². The van der Waals surface area contributed by atoms with Crippen LogP contribution in [0.4, 0.5) is 0 Å². The highest BCUT2D eigenvalue weighted by Crippen LogP contribution is 2.43. The molecule has 0 amide bonds. The Morgan fingerprint density at radius 3 is 1.59 bits per heavy atom. The zero-order chi connectivity index (χ0) is 15.6. The SMILES string of the molecule is C=CCCCCC1CCC(C2CCC(CCC=C)CC2)CC1. The van der Waals surface area contributed by atoms with E-state index in [1.165, 1.54) is 89.9 Å². The van der Waals surface area contributed by atoms with Gasteiger partial charge in [-0.3, -0.25) is 0 Å². The molecular formula is C22H38. The lowest BCUT2D eigenvalue weighted by Gasteiger charge is -2.38. The molecule has 0 bridgehead atoms. The van der Waals surface area contributed by atoms with Crippen molar-refractivity contribution in [3.63, 3.8) is 0 Å². The van der Waals surface area contributed by atoms with Crippen molar-refractivity contribution in [2.45, 2.75) is 89.9 Å². The van der Waals surface area contributed by atoms with Gasteiger partial charge in [0.05, 0.1) is 0 Å². The van der Waals surface area contributed by atoms with Gasteiger partial charge in [0, 0.05) is 0 Å². The molecule has 0 radical (unpaired) electrons. The predicted octanol–water partition coefficient (Wildman–Crippen LogP) is 7.31. The van der Waals surface area contributed by atoms with Crippen molar-refractivity contribution in [2.24, 2.45) is 23.7 Å². The van der Waals surface area contributed by atoms with Gasteiger partial charge in [0.2, 0.25) is 0 Å². The van der Waals surface area contributed by atoms with E-state index in [1.807, 2.05) is 0 Å². The first-order chi connectivity index (χ1) is 10.8. The maximum Gasteiger partial charge on any atom is -0.0351 e. The Labute approximate surface area is 139 Å². The fourth-order valence-electron chi connectivity index (χ4n) is 4.97. The van der Waals surface area contributed by atoms with Crippen LogP contribution in [0.3, 0.4) is 0 Å². The van der Waals surface area contributed by atoms with Crippen LogP contribution in [0.1, 0.15) is 89.9 Å². The molecule has 22 heavy (non-hydrogen) atoms. The summed E-state index contributed by atoms with van der Waals surface area (Å²) < 4.78 is 0. The second kappa shape index (κ2) is 10.3. The molecule has 0 unspecified atom stereocenters. The van der Waals surface area contributed by atoms with Crippen LogP contribution in [0, 0.1) is 23.7 Å². The van der Waals surface area contributed by atoms with Crippen LogP contribution < -0.4 is 0 Å². The quantitative estimate of drug-likeness (QED) is 0.309. The summed E-state index contributed by atoms with van der Waals surface area (Å²) in [7, 11) is 0. The van der Waals surface area contributed by atoms with Crippen molar-refractivity contribution < 1.29 is 0 Å². The molecule has 0 saturated heterocycles. The Balaban J connectivity index is 1.59. The third-order valence-corrected chi connectivity index (χ3v) is 6.50. The van der Waals surface area contributed by atoms with E-state index in [4.69, 9.17) is 0 Å². The van der Waals surface area contributed by atoms with E-state index in [2.05, 4.69) is 25.3 Å². The highest BCUT2D eigenvalue weighted by Gasteiger charge is 2.30. The molecule has 0 aromatic carbocycles. The Morgan fingerprint density at radius 2 is 1.09 bits per heavy atom. The third-order valence-electron chi connectivity index (χ3n) is 6.50. The molecule has 2 aliphatic rings. The molecule has 0 nitrogen and oxygen atoms in total. The Kier molecular flexibility index (Phi) is 8.34. The zero-order valence-electron chi connectivity index (χ0n) is 14.8. The van der Waals surface area contributed by atoms with Crippen LogP contribution in [0.25, 0.3) is 0 Å². The minimum Gasteiger partial charge on any atom is -0.103 e. The van der Waals surface area contributed by atoms with Gasteiger partial charge in [0.25, 0.3) is 0 Å². The zero-order valence-corrected chi connectivity index (χ0v) is 14.8. The van der Waals surface area contributed by atoms with E-state index in [1.54, 1.807) is 0 Å². The maximum atomic E-state index is 3.87. The summed E-state index contributed by atoms with van der Waals surface area (Å²) in [5.74, 6) is 4.20. The van der Waals surface area contributed by atoms with E-state index in [-0.39, 0.29) is 0 Å². The van der Waals surface area contributed by atoms with Crippen molar-refractivity contribution in [1.29, 1.82) is 0 Å². The fraction of sp³-hybridized carbons (Fsp3) is 0.818. The van der Waals surface area contributed by atoms with Crippen LogP contribution in [0.2, 0.25) is 0 Å². The summed E-state index contributed by atoms with van der Waals surface area (Å²) in [4.78, 5) is 0. The summed E-state index contributed by atoms with van der Waals surface area (Å²) >= 11 is 0. The number of hydrogen-bond acceptors (Lipinski definition) is 0. The van der Waals surface area contributed by atoms with E-state index in [0.717, 1.165) is 23.7 Å². The topological polar surface area (TPSA) is 0 Å². The Bertz CT molecular complexity index is 300. The molecule has 0 aromatic heterocycles. The summed E-state index contributed by atoms with van der Waals surface area (Å²) in [6, 6.07) is 0. The maximum absolute atomic E-state index is 3.87. The molecule has 2 aliphatic carbocycles. The summed E-state index contributed by atoms with van der Waals surface area (Å²) in [5, 5.41) is 0. The third kappa shape index (κ3) is 5.94. The molecule has 2 rings (SSSR count). The molecule has 2 fully saturated rings. The van der Waals surface area contributed by atoms with Gasteiger partial charge in [-0.15, -0.1) is 13.2 Å². The van der Waals surface area contributed by atoms with Gasteiger partial charge in [-0.1, -0.05) is 50.7 Å². The number of hydrogen-bond donors (Lipinski definition) is 0. The molecular weight excluding hydrogens is 264 g/mol.